The molecule has 0 spiro atoms. The van der Waals surface area contributed by atoms with Gasteiger partial charge in [-0.05, 0) is 45.8 Å². The molecule has 2 aromatic rings. The van der Waals surface area contributed by atoms with Gasteiger partial charge in [0.05, 0.1) is 6.21 Å². The third-order valence-electron chi connectivity index (χ3n) is 2.03. The van der Waals surface area contributed by atoms with Gasteiger partial charge in [0.2, 0.25) is 0 Å². The van der Waals surface area contributed by atoms with Crippen molar-refractivity contribution in [3.63, 3.8) is 0 Å². The molecule has 92 valence electrons. The van der Waals surface area contributed by atoms with Gasteiger partial charge >= 0.3 is 5.91 Å². The van der Waals surface area contributed by atoms with E-state index in [0.717, 1.165) is 0 Å². The number of hydrazone groups is 1. The van der Waals surface area contributed by atoms with Crippen LogP contribution in [0.15, 0.2) is 50.6 Å². The quantitative estimate of drug-likeness (QED) is 0.700. The van der Waals surface area contributed by atoms with E-state index in [1.165, 1.54) is 24.4 Å². The summed E-state index contributed by atoms with van der Waals surface area (Å²) in [5.74, 6) is -0.702. The van der Waals surface area contributed by atoms with E-state index >= 15 is 0 Å². The Morgan fingerprint density at radius 1 is 1.39 bits per heavy atom. The van der Waals surface area contributed by atoms with Crippen LogP contribution < -0.4 is 5.43 Å². The molecule has 0 saturated heterocycles. The number of hydrogen-bond donors (Lipinski definition) is 1. The first-order valence-corrected chi connectivity index (χ1v) is 5.79. The molecule has 0 aliphatic heterocycles. The maximum atomic E-state index is 12.9. The smallest absolute Gasteiger partial charge is 0.307 e. The molecule has 0 bridgehead atoms. The molecule has 0 unspecified atom stereocenters. The highest BCUT2D eigenvalue weighted by molar-refractivity contribution is 9.10. The van der Waals surface area contributed by atoms with E-state index in [-0.39, 0.29) is 11.6 Å². The van der Waals surface area contributed by atoms with E-state index in [2.05, 4.69) is 26.5 Å². The molecule has 6 heteroatoms. The van der Waals surface area contributed by atoms with Crippen molar-refractivity contribution in [3.8, 4) is 0 Å². The van der Waals surface area contributed by atoms with Crippen LogP contribution in [0.5, 0.6) is 0 Å². The van der Waals surface area contributed by atoms with E-state index in [9.17, 15) is 9.18 Å². The summed E-state index contributed by atoms with van der Waals surface area (Å²) in [5, 5.41) is 3.70. The Bertz CT molecular complexity index is 595. The first-order chi connectivity index (χ1) is 8.65. The summed E-state index contributed by atoms with van der Waals surface area (Å²) >= 11 is 3.09. The van der Waals surface area contributed by atoms with Gasteiger partial charge in [-0.3, -0.25) is 4.79 Å². The Hall–Kier alpha value is -1.95. The van der Waals surface area contributed by atoms with Gasteiger partial charge in [0.1, 0.15) is 5.82 Å². The molecule has 1 heterocycles. The van der Waals surface area contributed by atoms with E-state index < -0.39 is 5.91 Å². The summed E-state index contributed by atoms with van der Waals surface area (Å²) in [6.45, 7) is 0. The fourth-order valence-electron chi connectivity index (χ4n) is 1.24. The van der Waals surface area contributed by atoms with Gasteiger partial charge in [-0.25, -0.2) is 9.82 Å². The average Bonchev–Trinajstić information content (AvgIpc) is 2.76. The van der Waals surface area contributed by atoms with Gasteiger partial charge in [-0.1, -0.05) is 12.1 Å². The number of carbonyl (C=O) groups is 1. The number of halogens is 2. The second-order valence-electron chi connectivity index (χ2n) is 3.36. The van der Waals surface area contributed by atoms with Crippen molar-refractivity contribution >= 4 is 28.1 Å². The predicted molar refractivity (Wildman–Crippen MR) is 67.9 cm³/mol. The Morgan fingerprint density at radius 2 is 2.22 bits per heavy atom. The highest BCUT2D eigenvalue weighted by Gasteiger charge is 2.08. The zero-order valence-corrected chi connectivity index (χ0v) is 10.6. The Kier molecular flexibility index (Phi) is 3.88. The van der Waals surface area contributed by atoms with Crippen LogP contribution in [0.2, 0.25) is 0 Å². The largest absolute Gasteiger partial charge is 0.444 e. The molecule has 0 fully saturated rings. The summed E-state index contributed by atoms with van der Waals surface area (Å²) in [4.78, 5) is 11.5. The molecule has 0 atom stereocenters. The number of nitrogens with zero attached hydrogens (tertiary/aromatic N) is 1. The Labute approximate surface area is 111 Å². The minimum atomic E-state index is -0.478. The average molecular weight is 311 g/mol. The summed E-state index contributed by atoms with van der Waals surface area (Å²) < 4.78 is 18.3. The number of rotatable bonds is 3. The lowest BCUT2D eigenvalue weighted by atomic mass is 10.2. The van der Waals surface area contributed by atoms with Crippen molar-refractivity contribution < 1.29 is 13.6 Å². The van der Waals surface area contributed by atoms with E-state index in [1.807, 2.05) is 0 Å². The summed E-state index contributed by atoms with van der Waals surface area (Å²) in [5.41, 5.74) is 2.83. The number of amides is 1. The van der Waals surface area contributed by atoms with Gasteiger partial charge in [0, 0.05) is 0 Å². The molecule has 0 radical (unpaired) electrons. The highest BCUT2D eigenvalue weighted by atomic mass is 79.9. The van der Waals surface area contributed by atoms with Gasteiger partial charge in [-0.15, -0.1) is 0 Å². The first-order valence-electron chi connectivity index (χ1n) is 4.99. The molecule has 4 nitrogen and oxygen atoms in total. The van der Waals surface area contributed by atoms with Crippen LogP contribution in [0.3, 0.4) is 0 Å². The van der Waals surface area contributed by atoms with Crippen LogP contribution in [0.25, 0.3) is 0 Å². The lowest BCUT2D eigenvalue weighted by Gasteiger charge is -1.95. The summed E-state index contributed by atoms with van der Waals surface area (Å²) in [6.07, 6.45) is 1.35. The van der Waals surface area contributed by atoms with E-state index in [0.29, 0.717) is 10.2 Å². The van der Waals surface area contributed by atoms with E-state index in [4.69, 9.17) is 4.42 Å². The van der Waals surface area contributed by atoms with Crippen molar-refractivity contribution in [2.24, 2.45) is 5.10 Å². The monoisotopic (exact) mass is 310 g/mol. The maximum Gasteiger partial charge on any atom is 0.307 e. The lowest BCUT2D eigenvalue weighted by Crippen LogP contribution is -2.16. The molecule has 18 heavy (non-hydrogen) atoms. The Balaban J connectivity index is 1.97. The number of furan rings is 1. The fourth-order valence-corrected chi connectivity index (χ4v) is 1.55. The zero-order chi connectivity index (χ0) is 13.0. The van der Waals surface area contributed by atoms with Crippen LogP contribution in [-0.4, -0.2) is 12.1 Å². The van der Waals surface area contributed by atoms with Crippen molar-refractivity contribution in [1.82, 2.24) is 5.43 Å². The van der Waals surface area contributed by atoms with Gasteiger partial charge < -0.3 is 4.42 Å². The minimum absolute atomic E-state index is 0.137. The molecule has 0 aliphatic rings. The maximum absolute atomic E-state index is 12.9. The van der Waals surface area contributed by atoms with Gasteiger partial charge in [-0.2, -0.15) is 5.10 Å². The van der Waals surface area contributed by atoms with Crippen molar-refractivity contribution in [1.29, 1.82) is 0 Å². The molecule has 0 saturated carbocycles. The van der Waals surface area contributed by atoms with Crippen LogP contribution in [-0.2, 0) is 0 Å². The normalized spacial score (nSPS) is 10.8. The first kappa shape index (κ1) is 12.5. The third-order valence-corrected chi connectivity index (χ3v) is 2.45. The molecular formula is C12H8BrFN2O2. The summed E-state index contributed by atoms with van der Waals surface area (Å²) in [6, 6.07) is 8.97. The lowest BCUT2D eigenvalue weighted by molar-refractivity contribution is 0.0926. The standard InChI is InChI=1S/C12H8BrFN2O2/c13-11-5-4-10(18-11)12(17)16-15-7-8-2-1-3-9(14)6-8/h1-7H,(H,16,17). The minimum Gasteiger partial charge on any atom is -0.444 e. The topological polar surface area (TPSA) is 54.6 Å². The van der Waals surface area contributed by atoms with Gasteiger partial charge in [0.15, 0.2) is 10.4 Å². The van der Waals surface area contributed by atoms with E-state index in [1.54, 1.807) is 18.2 Å². The third kappa shape index (κ3) is 3.27. The van der Waals surface area contributed by atoms with Crippen molar-refractivity contribution in [2.45, 2.75) is 0 Å². The van der Waals surface area contributed by atoms with Crippen LogP contribution >= 0.6 is 15.9 Å². The molecule has 0 aliphatic carbocycles. The second kappa shape index (κ2) is 5.59. The molecule has 1 N–H and O–H groups in total. The number of benzene rings is 1. The number of carbonyl (C=O) groups excluding carboxylic acids is 1. The molecule has 1 amide bonds. The fraction of sp³-hybridized carbons (Fsp3) is 0. The second-order valence-corrected chi connectivity index (χ2v) is 4.14. The molecule has 2 rings (SSSR count). The van der Waals surface area contributed by atoms with Crippen molar-refractivity contribution in [3.05, 3.63) is 58.2 Å². The number of hydrogen-bond acceptors (Lipinski definition) is 3. The summed E-state index contributed by atoms with van der Waals surface area (Å²) in [7, 11) is 0. The van der Waals surface area contributed by atoms with Crippen LogP contribution in [0.1, 0.15) is 16.1 Å². The zero-order valence-electron chi connectivity index (χ0n) is 9.06. The SMILES string of the molecule is O=C(NN=Cc1cccc(F)c1)c1ccc(Br)o1. The predicted octanol–water partition coefficient (Wildman–Crippen LogP) is 2.95. The Morgan fingerprint density at radius 3 is 2.89 bits per heavy atom. The van der Waals surface area contributed by atoms with Crippen LogP contribution in [0.4, 0.5) is 4.39 Å². The molecular weight excluding hydrogens is 303 g/mol. The highest BCUT2D eigenvalue weighted by Crippen LogP contribution is 2.13. The molecule has 1 aromatic heterocycles. The molecule has 1 aromatic carbocycles. The van der Waals surface area contributed by atoms with Gasteiger partial charge in [0.25, 0.3) is 0 Å². The van der Waals surface area contributed by atoms with Crippen LogP contribution in [0, 0.1) is 5.82 Å². The van der Waals surface area contributed by atoms with Crippen molar-refractivity contribution in [2.75, 3.05) is 0 Å². The number of nitrogens with one attached hydrogen (secondary N) is 1.